The summed E-state index contributed by atoms with van der Waals surface area (Å²) in [5.41, 5.74) is 1.65. The van der Waals surface area contributed by atoms with E-state index in [1.807, 2.05) is 0 Å². The minimum absolute atomic E-state index is 0.0141. The van der Waals surface area contributed by atoms with Gasteiger partial charge in [0.1, 0.15) is 17.2 Å². The van der Waals surface area contributed by atoms with Crippen LogP contribution in [0.25, 0.3) is 22.3 Å². The van der Waals surface area contributed by atoms with Crippen LogP contribution in [0.15, 0.2) is 57.4 Å². The van der Waals surface area contributed by atoms with Crippen molar-refractivity contribution in [3.05, 3.63) is 80.5 Å². The number of hydrogen-bond acceptors (Lipinski definition) is 5. The van der Waals surface area contributed by atoms with Gasteiger partial charge in [-0.1, -0.05) is 11.6 Å². The van der Waals surface area contributed by atoms with Gasteiger partial charge in [0, 0.05) is 24.1 Å². The quantitative estimate of drug-likeness (QED) is 0.234. The molecule has 1 saturated carbocycles. The molecule has 12 heteroatoms. The summed E-state index contributed by atoms with van der Waals surface area (Å²) in [6.45, 7) is 0. The largest absolute Gasteiger partial charge is 0.478 e. The number of nitrogens with one attached hydrogen (secondary N) is 1. The highest BCUT2D eigenvalue weighted by Gasteiger charge is 2.34. The SMILES string of the molecule is CNC(=O)c1c(-c2ccc(F)cc2)oc2cc(N(c3cc(Cl)c(Br)c(C(=O)O)c3)S(C)(=O)=O)c(C3CC3)cc12. The van der Waals surface area contributed by atoms with Gasteiger partial charge in [-0.2, -0.15) is 0 Å². The van der Waals surface area contributed by atoms with Crippen molar-refractivity contribution < 1.29 is 31.9 Å². The Balaban J connectivity index is 1.82. The molecular formula is C27H21BrClFN2O6S. The zero-order valence-corrected chi connectivity index (χ0v) is 23.7. The molecule has 4 aromatic rings. The fraction of sp³-hybridized carbons (Fsp3) is 0.185. The first-order valence-corrected chi connectivity index (χ1v) is 14.7. The van der Waals surface area contributed by atoms with Crippen molar-refractivity contribution in [3.63, 3.8) is 0 Å². The summed E-state index contributed by atoms with van der Waals surface area (Å²) in [6, 6.07) is 11.3. The molecule has 0 radical (unpaired) electrons. The van der Waals surface area contributed by atoms with Crippen LogP contribution in [0, 0.1) is 5.82 Å². The van der Waals surface area contributed by atoms with Gasteiger partial charge in [0.2, 0.25) is 10.0 Å². The zero-order valence-electron chi connectivity index (χ0n) is 20.6. The number of hydrogen-bond donors (Lipinski definition) is 2. The fourth-order valence-electron chi connectivity index (χ4n) is 4.56. The van der Waals surface area contributed by atoms with Gasteiger partial charge in [0.05, 0.1) is 38.3 Å². The summed E-state index contributed by atoms with van der Waals surface area (Å²) in [7, 11) is -2.54. The maximum Gasteiger partial charge on any atom is 0.336 e. The van der Waals surface area contributed by atoms with Crippen LogP contribution in [0.1, 0.15) is 45.0 Å². The summed E-state index contributed by atoms with van der Waals surface area (Å²) in [5.74, 6) is -1.95. The molecule has 0 aliphatic heterocycles. The van der Waals surface area contributed by atoms with Crippen molar-refractivity contribution in [1.82, 2.24) is 5.32 Å². The molecule has 3 aromatic carbocycles. The third-order valence-electron chi connectivity index (χ3n) is 6.44. The van der Waals surface area contributed by atoms with Crippen molar-refractivity contribution in [2.45, 2.75) is 18.8 Å². The summed E-state index contributed by atoms with van der Waals surface area (Å²) in [5, 5.41) is 12.8. The van der Waals surface area contributed by atoms with Crippen molar-refractivity contribution in [1.29, 1.82) is 0 Å². The minimum atomic E-state index is -4.02. The Morgan fingerprint density at radius 3 is 2.38 bits per heavy atom. The average molecular weight is 636 g/mol. The second-order valence-electron chi connectivity index (χ2n) is 9.20. The van der Waals surface area contributed by atoms with Crippen LogP contribution in [0.2, 0.25) is 5.02 Å². The predicted molar refractivity (Wildman–Crippen MR) is 150 cm³/mol. The van der Waals surface area contributed by atoms with Crippen LogP contribution in [-0.2, 0) is 10.0 Å². The monoisotopic (exact) mass is 634 g/mol. The average Bonchev–Trinajstić information content (AvgIpc) is 3.65. The number of fused-ring (bicyclic) bond motifs is 1. The topological polar surface area (TPSA) is 117 Å². The number of sulfonamides is 1. The van der Waals surface area contributed by atoms with Gasteiger partial charge < -0.3 is 14.8 Å². The number of halogens is 3. The van der Waals surface area contributed by atoms with Gasteiger partial charge in [0.15, 0.2) is 0 Å². The number of carboxylic acid groups (broad SMARTS) is 1. The molecule has 1 aliphatic carbocycles. The zero-order chi connectivity index (χ0) is 28.2. The van der Waals surface area contributed by atoms with Gasteiger partial charge in [-0.3, -0.25) is 4.79 Å². The summed E-state index contributed by atoms with van der Waals surface area (Å²) < 4.78 is 47.3. The number of amides is 1. The minimum Gasteiger partial charge on any atom is -0.478 e. The van der Waals surface area contributed by atoms with Crippen LogP contribution in [0.4, 0.5) is 15.8 Å². The fourth-order valence-corrected chi connectivity index (χ4v) is 6.17. The maximum atomic E-state index is 13.6. The second-order valence-corrected chi connectivity index (χ2v) is 12.2. The highest BCUT2D eigenvalue weighted by Crippen LogP contribution is 2.49. The number of rotatable bonds is 7. The van der Waals surface area contributed by atoms with Crippen molar-refractivity contribution >= 4 is 71.8 Å². The van der Waals surface area contributed by atoms with Crippen LogP contribution in [0.5, 0.6) is 0 Å². The summed E-state index contributed by atoms with van der Waals surface area (Å²) in [6.07, 6.45) is 2.61. The molecular weight excluding hydrogens is 615 g/mol. The Morgan fingerprint density at radius 2 is 1.82 bits per heavy atom. The highest BCUT2D eigenvalue weighted by molar-refractivity contribution is 9.10. The first-order chi connectivity index (χ1) is 18.4. The molecule has 1 heterocycles. The number of aromatic carboxylic acids is 1. The van der Waals surface area contributed by atoms with E-state index in [1.54, 1.807) is 6.07 Å². The number of carbonyl (C=O) groups excluding carboxylic acids is 1. The van der Waals surface area contributed by atoms with E-state index >= 15 is 0 Å². The predicted octanol–water partition coefficient (Wildman–Crippen LogP) is 6.69. The molecule has 1 fully saturated rings. The normalized spacial score (nSPS) is 13.5. The molecule has 1 aliphatic rings. The number of furan rings is 1. The van der Waals surface area contributed by atoms with E-state index in [1.165, 1.54) is 49.5 Å². The lowest BCUT2D eigenvalue weighted by Crippen LogP contribution is -2.26. The van der Waals surface area contributed by atoms with Crippen molar-refractivity contribution in [3.8, 4) is 11.3 Å². The van der Waals surface area contributed by atoms with Crippen LogP contribution < -0.4 is 9.62 Å². The Hall–Kier alpha value is -3.41. The Bertz CT molecular complexity index is 1770. The Kier molecular flexibility index (Phi) is 6.94. The Labute approximate surface area is 236 Å². The first kappa shape index (κ1) is 27.2. The van der Waals surface area contributed by atoms with Gasteiger partial charge in [0.25, 0.3) is 5.91 Å². The van der Waals surface area contributed by atoms with E-state index in [-0.39, 0.29) is 49.3 Å². The van der Waals surface area contributed by atoms with E-state index in [0.29, 0.717) is 16.5 Å². The maximum absolute atomic E-state index is 13.6. The number of carbonyl (C=O) groups is 2. The van der Waals surface area contributed by atoms with E-state index in [4.69, 9.17) is 16.0 Å². The van der Waals surface area contributed by atoms with Gasteiger partial charge in [-0.15, -0.1) is 0 Å². The second kappa shape index (κ2) is 9.96. The summed E-state index contributed by atoms with van der Waals surface area (Å²) in [4.78, 5) is 24.8. The van der Waals surface area contributed by atoms with Gasteiger partial charge in [-0.05, 0) is 82.7 Å². The lowest BCUT2D eigenvalue weighted by Gasteiger charge is -2.26. The molecule has 0 saturated heterocycles. The molecule has 5 rings (SSSR count). The third-order valence-corrected chi connectivity index (χ3v) is 8.89. The van der Waals surface area contributed by atoms with E-state index in [0.717, 1.165) is 23.4 Å². The number of carboxylic acids is 1. The molecule has 0 bridgehead atoms. The standard InChI is InChI=1S/C27H21BrClFN2O6S/c1-31-26(33)23-18-11-17(13-3-4-13)21(12-22(18)38-25(23)14-5-7-15(30)8-6-14)32(39(2,36)37)16-9-19(27(34)35)24(28)20(29)10-16/h5-13H,3-4H2,1-2H3,(H,31,33)(H,34,35). The van der Waals surface area contributed by atoms with Crippen LogP contribution in [-0.4, -0.2) is 38.7 Å². The number of anilines is 2. The lowest BCUT2D eigenvalue weighted by molar-refractivity contribution is 0.0695. The Morgan fingerprint density at radius 1 is 1.15 bits per heavy atom. The number of nitrogens with zero attached hydrogens (tertiary/aromatic N) is 1. The molecule has 0 atom stereocenters. The molecule has 1 amide bonds. The highest BCUT2D eigenvalue weighted by atomic mass is 79.9. The van der Waals surface area contributed by atoms with Gasteiger partial charge in [-0.25, -0.2) is 21.9 Å². The molecule has 2 N–H and O–H groups in total. The van der Waals surface area contributed by atoms with Crippen LogP contribution in [0.3, 0.4) is 0 Å². The van der Waals surface area contributed by atoms with E-state index in [9.17, 15) is 27.5 Å². The first-order valence-electron chi connectivity index (χ1n) is 11.7. The van der Waals surface area contributed by atoms with Crippen molar-refractivity contribution in [2.24, 2.45) is 0 Å². The summed E-state index contributed by atoms with van der Waals surface area (Å²) >= 11 is 9.44. The molecule has 1 aromatic heterocycles. The molecule has 0 spiro atoms. The lowest BCUT2D eigenvalue weighted by atomic mass is 10.00. The smallest absolute Gasteiger partial charge is 0.336 e. The molecule has 8 nitrogen and oxygen atoms in total. The van der Waals surface area contributed by atoms with E-state index in [2.05, 4.69) is 21.2 Å². The van der Waals surface area contributed by atoms with Gasteiger partial charge >= 0.3 is 5.97 Å². The van der Waals surface area contributed by atoms with E-state index < -0.39 is 27.7 Å². The number of benzene rings is 3. The van der Waals surface area contributed by atoms with Crippen molar-refractivity contribution in [2.75, 3.05) is 17.6 Å². The molecule has 202 valence electrons. The molecule has 0 unspecified atom stereocenters. The van der Waals surface area contributed by atoms with Crippen LogP contribution >= 0.6 is 27.5 Å². The third kappa shape index (κ3) is 5.02. The molecule has 39 heavy (non-hydrogen) atoms.